The molecule has 0 saturated carbocycles. The topological polar surface area (TPSA) is 64.6 Å². The van der Waals surface area contributed by atoms with Crippen LogP contribution in [0.1, 0.15) is 15.9 Å². The zero-order valence-electron chi connectivity index (χ0n) is 13.8. The van der Waals surface area contributed by atoms with Gasteiger partial charge in [0, 0.05) is 12.6 Å². The lowest BCUT2D eigenvalue weighted by molar-refractivity contribution is 0.104. The van der Waals surface area contributed by atoms with Crippen molar-refractivity contribution in [3.8, 4) is 11.5 Å². The molecule has 24 heavy (non-hydrogen) atoms. The van der Waals surface area contributed by atoms with Crippen LogP contribution >= 0.6 is 0 Å². The van der Waals surface area contributed by atoms with Crippen LogP contribution in [-0.4, -0.2) is 27.1 Å². The molecule has 2 aromatic carbocycles. The minimum Gasteiger partial charge on any atom is -0.493 e. The second kappa shape index (κ2) is 7.97. The number of nitrogens with one attached hydrogen (secondary N) is 1. The van der Waals surface area contributed by atoms with Crippen molar-refractivity contribution in [1.29, 1.82) is 0 Å². The van der Waals surface area contributed by atoms with Gasteiger partial charge in [-0.2, -0.15) is 0 Å². The Hall–Kier alpha value is -3.08. The maximum absolute atomic E-state index is 12.4. The van der Waals surface area contributed by atoms with Crippen molar-refractivity contribution < 1.29 is 14.3 Å². The average Bonchev–Trinajstić information content (AvgIpc) is 2.80. The average molecular weight is 325 g/mol. The summed E-state index contributed by atoms with van der Waals surface area (Å²) in [7, 11) is 4.72. The molecule has 0 aliphatic carbocycles. The molecule has 5 nitrogen and oxygen atoms in total. The van der Waals surface area contributed by atoms with Gasteiger partial charge in [0.25, 0.3) is 0 Å². The van der Waals surface area contributed by atoms with Crippen LogP contribution in [0, 0.1) is 0 Å². The summed E-state index contributed by atoms with van der Waals surface area (Å²) < 4.78 is 10.5. The summed E-state index contributed by atoms with van der Waals surface area (Å²) in [4.78, 5) is 24.7. The normalized spacial score (nSPS) is 10.5. The molecule has 5 heteroatoms. The van der Waals surface area contributed by atoms with E-state index in [1.165, 1.54) is 19.3 Å². The van der Waals surface area contributed by atoms with Crippen molar-refractivity contribution in [3.05, 3.63) is 69.9 Å². The second-order valence-corrected chi connectivity index (χ2v) is 4.91. The molecule has 0 spiro atoms. The van der Waals surface area contributed by atoms with Gasteiger partial charge in [0.1, 0.15) is 0 Å². The van der Waals surface area contributed by atoms with Gasteiger partial charge < -0.3 is 14.8 Å². The van der Waals surface area contributed by atoms with E-state index in [0.717, 1.165) is 0 Å². The number of carbonyl (C=O) groups excluding carboxylic acids is 1. The number of benzene rings is 1. The first-order valence-electron chi connectivity index (χ1n) is 7.37. The van der Waals surface area contributed by atoms with Crippen LogP contribution < -0.4 is 20.2 Å². The van der Waals surface area contributed by atoms with Crippen LogP contribution in [0.5, 0.6) is 11.5 Å². The van der Waals surface area contributed by atoms with Gasteiger partial charge in [-0.15, -0.1) is 0 Å². The number of carbonyl (C=O) groups is 1. The molecule has 0 aliphatic heterocycles. The summed E-state index contributed by atoms with van der Waals surface area (Å²) in [5.74, 6) is 0.721. The van der Waals surface area contributed by atoms with Crippen LogP contribution in [0.4, 0.5) is 5.69 Å². The molecule has 2 aromatic rings. The molecule has 0 heterocycles. The summed E-state index contributed by atoms with van der Waals surface area (Å²) in [6.45, 7) is 0. The molecule has 0 bridgehead atoms. The molecule has 124 valence electrons. The standard InChI is InChI=1S/C19H19NO4/c1-20-15-9-5-4-8-14(18(15)22)16(21)12-11-13-7-6-10-17(23-2)19(13)24-3/h4-12H,1-3H3,(H,20,22). The molecular formula is C19H19NO4. The third-order valence-electron chi connectivity index (χ3n) is 3.51. The summed E-state index contributed by atoms with van der Waals surface area (Å²) in [6.07, 6.45) is 2.96. The molecule has 0 fully saturated rings. The SMILES string of the molecule is CNc1ccccc(C(=O)C=Cc2cccc(OC)c2OC)c1=O. The van der Waals surface area contributed by atoms with Crippen molar-refractivity contribution in [2.75, 3.05) is 26.6 Å². The summed E-state index contributed by atoms with van der Waals surface area (Å²) in [5, 5.41) is 2.79. The Labute approximate surface area is 140 Å². The van der Waals surface area contributed by atoms with Gasteiger partial charge in [0.15, 0.2) is 17.3 Å². The van der Waals surface area contributed by atoms with E-state index < -0.39 is 0 Å². The van der Waals surface area contributed by atoms with Crippen molar-refractivity contribution in [2.45, 2.75) is 0 Å². The van der Waals surface area contributed by atoms with Gasteiger partial charge in [0.05, 0.1) is 25.5 Å². The monoisotopic (exact) mass is 325 g/mol. The number of allylic oxidation sites excluding steroid dienone is 1. The van der Waals surface area contributed by atoms with Gasteiger partial charge in [-0.05, 0) is 30.4 Å². The van der Waals surface area contributed by atoms with Crippen LogP contribution in [0.3, 0.4) is 0 Å². The lowest BCUT2D eigenvalue weighted by Crippen LogP contribution is -2.14. The molecule has 2 rings (SSSR count). The number of anilines is 1. The quantitative estimate of drug-likeness (QED) is 0.653. The highest BCUT2D eigenvalue weighted by Gasteiger charge is 2.10. The fourth-order valence-corrected chi connectivity index (χ4v) is 2.29. The lowest BCUT2D eigenvalue weighted by atomic mass is 10.1. The molecule has 0 unspecified atom stereocenters. The van der Waals surface area contributed by atoms with Crippen LogP contribution in [0.2, 0.25) is 0 Å². The van der Waals surface area contributed by atoms with Gasteiger partial charge in [0.2, 0.25) is 5.43 Å². The molecule has 0 radical (unpaired) electrons. The first-order chi connectivity index (χ1) is 11.6. The van der Waals surface area contributed by atoms with E-state index in [0.29, 0.717) is 22.7 Å². The number of ether oxygens (including phenoxy) is 2. The van der Waals surface area contributed by atoms with E-state index in [2.05, 4.69) is 5.32 Å². The fraction of sp³-hybridized carbons (Fsp3) is 0.158. The van der Waals surface area contributed by atoms with Gasteiger partial charge in [-0.25, -0.2) is 0 Å². The maximum atomic E-state index is 12.4. The third-order valence-corrected chi connectivity index (χ3v) is 3.51. The van der Waals surface area contributed by atoms with Crippen molar-refractivity contribution >= 4 is 17.5 Å². The van der Waals surface area contributed by atoms with Crippen molar-refractivity contribution in [1.82, 2.24) is 0 Å². The number of rotatable bonds is 6. The first kappa shape index (κ1) is 17.3. The smallest absolute Gasteiger partial charge is 0.212 e. The molecule has 1 N–H and O–H groups in total. The number of ketones is 1. The zero-order valence-corrected chi connectivity index (χ0v) is 13.8. The highest BCUT2D eigenvalue weighted by molar-refractivity contribution is 6.07. The van der Waals surface area contributed by atoms with E-state index >= 15 is 0 Å². The number of para-hydroxylation sites is 1. The molecular weight excluding hydrogens is 306 g/mol. The Balaban J connectivity index is 2.40. The Kier molecular flexibility index (Phi) is 5.73. The van der Waals surface area contributed by atoms with E-state index in [1.807, 2.05) is 0 Å². The van der Waals surface area contributed by atoms with E-state index in [4.69, 9.17) is 9.47 Å². The van der Waals surface area contributed by atoms with E-state index in [-0.39, 0.29) is 16.8 Å². The Morgan fingerprint density at radius 2 is 1.79 bits per heavy atom. The van der Waals surface area contributed by atoms with Crippen LogP contribution in [0.15, 0.2) is 53.3 Å². The minimum atomic E-state index is -0.377. The predicted octanol–water partition coefficient (Wildman–Crippen LogP) is 3.00. The Bertz CT molecular complexity index is 828. The fourth-order valence-electron chi connectivity index (χ4n) is 2.29. The molecule has 0 atom stereocenters. The second-order valence-electron chi connectivity index (χ2n) is 4.91. The number of hydrogen-bond donors (Lipinski definition) is 1. The summed E-state index contributed by atoms with van der Waals surface area (Å²) in [5.41, 5.74) is 0.819. The van der Waals surface area contributed by atoms with Crippen LogP contribution in [-0.2, 0) is 0 Å². The molecule has 0 aliphatic rings. The van der Waals surface area contributed by atoms with E-state index in [1.54, 1.807) is 56.6 Å². The minimum absolute atomic E-state index is 0.0995. The summed E-state index contributed by atoms with van der Waals surface area (Å²) >= 11 is 0. The number of methoxy groups -OCH3 is 2. The predicted molar refractivity (Wildman–Crippen MR) is 95.2 cm³/mol. The zero-order chi connectivity index (χ0) is 17.5. The Morgan fingerprint density at radius 3 is 2.46 bits per heavy atom. The maximum Gasteiger partial charge on any atom is 0.212 e. The third kappa shape index (κ3) is 3.63. The lowest BCUT2D eigenvalue weighted by Gasteiger charge is -2.09. The van der Waals surface area contributed by atoms with Gasteiger partial charge in [-0.1, -0.05) is 24.3 Å². The highest BCUT2D eigenvalue weighted by atomic mass is 16.5. The Morgan fingerprint density at radius 1 is 1.04 bits per heavy atom. The van der Waals surface area contributed by atoms with Gasteiger partial charge >= 0.3 is 0 Å². The van der Waals surface area contributed by atoms with Crippen LogP contribution in [0.25, 0.3) is 6.08 Å². The van der Waals surface area contributed by atoms with Crippen molar-refractivity contribution in [2.24, 2.45) is 0 Å². The highest BCUT2D eigenvalue weighted by Crippen LogP contribution is 2.31. The molecule has 0 amide bonds. The summed E-state index contributed by atoms with van der Waals surface area (Å²) in [6, 6.07) is 11.9. The first-order valence-corrected chi connectivity index (χ1v) is 7.37. The van der Waals surface area contributed by atoms with Gasteiger partial charge in [-0.3, -0.25) is 9.59 Å². The largest absolute Gasteiger partial charge is 0.493 e. The number of hydrogen-bond acceptors (Lipinski definition) is 5. The van der Waals surface area contributed by atoms with E-state index in [9.17, 15) is 9.59 Å². The molecule has 0 aromatic heterocycles. The molecule has 0 saturated heterocycles. The van der Waals surface area contributed by atoms with Crippen molar-refractivity contribution in [3.63, 3.8) is 0 Å².